The standard InChI is InChI=1S/C5H7Cl3O2/c1-2(5(9)10)3(6)4(7)8/h2-4H,1H3,(H,9,10). The van der Waals surface area contributed by atoms with Crippen LogP contribution in [0.1, 0.15) is 6.92 Å². The zero-order valence-corrected chi connectivity index (χ0v) is 7.49. The molecule has 0 saturated carbocycles. The molecule has 0 rings (SSSR count). The molecule has 0 spiro atoms. The van der Waals surface area contributed by atoms with Crippen LogP contribution in [0.2, 0.25) is 0 Å². The maximum absolute atomic E-state index is 10.2. The number of carboxylic acid groups (broad SMARTS) is 1. The van der Waals surface area contributed by atoms with Gasteiger partial charge in [-0.15, -0.1) is 34.8 Å². The number of hydrogen-bond acceptors (Lipinski definition) is 1. The van der Waals surface area contributed by atoms with Gasteiger partial charge in [-0.3, -0.25) is 4.79 Å². The van der Waals surface area contributed by atoms with E-state index >= 15 is 0 Å². The molecule has 2 atom stereocenters. The third-order valence-corrected chi connectivity index (χ3v) is 2.54. The van der Waals surface area contributed by atoms with Crippen molar-refractivity contribution in [1.82, 2.24) is 0 Å². The highest BCUT2D eigenvalue weighted by atomic mass is 35.5. The van der Waals surface area contributed by atoms with Crippen molar-refractivity contribution >= 4 is 40.8 Å². The molecule has 0 heterocycles. The molecule has 10 heavy (non-hydrogen) atoms. The van der Waals surface area contributed by atoms with E-state index in [-0.39, 0.29) is 0 Å². The maximum atomic E-state index is 10.2. The van der Waals surface area contributed by atoms with Gasteiger partial charge in [-0.05, 0) is 0 Å². The van der Waals surface area contributed by atoms with Gasteiger partial charge in [0, 0.05) is 0 Å². The fourth-order valence-electron chi connectivity index (χ4n) is 0.354. The van der Waals surface area contributed by atoms with Crippen molar-refractivity contribution < 1.29 is 9.90 Å². The second kappa shape index (κ2) is 4.27. The quantitative estimate of drug-likeness (QED) is 0.717. The van der Waals surface area contributed by atoms with Gasteiger partial charge in [-0.25, -0.2) is 0 Å². The van der Waals surface area contributed by atoms with Gasteiger partial charge in [0.15, 0.2) is 0 Å². The first-order valence-corrected chi connectivity index (χ1v) is 3.92. The third kappa shape index (κ3) is 2.95. The first kappa shape index (κ1) is 10.3. The minimum absolute atomic E-state index is 0.721. The summed E-state index contributed by atoms with van der Waals surface area (Å²) in [6.07, 6.45) is 0. The topological polar surface area (TPSA) is 37.3 Å². The summed E-state index contributed by atoms with van der Waals surface area (Å²) in [6, 6.07) is 0. The molecule has 0 fully saturated rings. The lowest BCUT2D eigenvalue weighted by molar-refractivity contribution is -0.141. The fraction of sp³-hybridized carbons (Fsp3) is 0.800. The van der Waals surface area contributed by atoms with Gasteiger partial charge < -0.3 is 5.11 Å². The van der Waals surface area contributed by atoms with E-state index in [1.807, 2.05) is 0 Å². The Balaban J connectivity index is 3.94. The van der Waals surface area contributed by atoms with Crippen LogP contribution in [0, 0.1) is 5.92 Å². The SMILES string of the molecule is CC(C(=O)O)C(Cl)C(Cl)Cl. The molecule has 0 bridgehead atoms. The van der Waals surface area contributed by atoms with E-state index < -0.39 is 22.1 Å². The van der Waals surface area contributed by atoms with E-state index in [4.69, 9.17) is 39.9 Å². The Morgan fingerprint density at radius 3 is 1.90 bits per heavy atom. The highest BCUT2D eigenvalue weighted by Crippen LogP contribution is 2.21. The molecule has 0 aromatic rings. The zero-order valence-electron chi connectivity index (χ0n) is 5.22. The number of rotatable bonds is 3. The van der Waals surface area contributed by atoms with Crippen molar-refractivity contribution in [2.45, 2.75) is 17.1 Å². The maximum Gasteiger partial charge on any atom is 0.307 e. The minimum Gasteiger partial charge on any atom is -0.481 e. The number of aliphatic carboxylic acids is 1. The lowest BCUT2D eigenvalue weighted by Crippen LogP contribution is -2.25. The van der Waals surface area contributed by atoms with Crippen molar-refractivity contribution in [3.63, 3.8) is 0 Å². The summed E-state index contributed by atoms with van der Waals surface area (Å²) in [4.78, 5) is 9.40. The first-order chi connectivity index (χ1) is 4.46. The van der Waals surface area contributed by atoms with Crippen LogP contribution in [0.3, 0.4) is 0 Å². The summed E-state index contributed by atoms with van der Waals surface area (Å²) in [5, 5.41) is 7.66. The number of alkyl halides is 3. The highest BCUT2D eigenvalue weighted by molar-refractivity contribution is 6.48. The van der Waals surface area contributed by atoms with E-state index in [2.05, 4.69) is 0 Å². The van der Waals surface area contributed by atoms with Crippen LogP contribution < -0.4 is 0 Å². The van der Waals surface area contributed by atoms with E-state index in [0.717, 1.165) is 0 Å². The Labute approximate surface area is 74.1 Å². The highest BCUT2D eigenvalue weighted by Gasteiger charge is 2.26. The van der Waals surface area contributed by atoms with Crippen molar-refractivity contribution in [2.75, 3.05) is 0 Å². The van der Waals surface area contributed by atoms with E-state index in [1.54, 1.807) is 0 Å². The van der Waals surface area contributed by atoms with E-state index in [0.29, 0.717) is 0 Å². The fourth-order valence-corrected chi connectivity index (χ4v) is 0.899. The van der Waals surface area contributed by atoms with Crippen LogP contribution in [0.5, 0.6) is 0 Å². The molecule has 0 aromatic heterocycles. The average Bonchev–Trinajstić information content (AvgIpc) is 1.84. The second-order valence-corrected chi connectivity index (χ2v) is 3.57. The Morgan fingerprint density at radius 1 is 1.40 bits per heavy atom. The molecule has 0 aromatic carbocycles. The molecule has 2 nitrogen and oxygen atoms in total. The predicted octanol–water partition coefficient (Wildman–Crippen LogP) is 2.12. The molecule has 60 valence electrons. The van der Waals surface area contributed by atoms with Gasteiger partial charge in [0.2, 0.25) is 0 Å². The largest absolute Gasteiger partial charge is 0.481 e. The third-order valence-electron chi connectivity index (χ3n) is 1.11. The molecule has 0 aliphatic carbocycles. The number of halogens is 3. The molecule has 2 unspecified atom stereocenters. The first-order valence-electron chi connectivity index (χ1n) is 2.62. The van der Waals surface area contributed by atoms with Crippen molar-refractivity contribution in [1.29, 1.82) is 0 Å². The van der Waals surface area contributed by atoms with Crippen LogP contribution in [0.15, 0.2) is 0 Å². The number of carboxylic acids is 1. The summed E-state index contributed by atoms with van der Waals surface area (Å²) < 4.78 is 0. The summed E-state index contributed by atoms with van der Waals surface area (Å²) in [6.45, 7) is 1.46. The lowest BCUT2D eigenvalue weighted by Gasteiger charge is -2.13. The van der Waals surface area contributed by atoms with Gasteiger partial charge in [0.05, 0.1) is 11.3 Å². The van der Waals surface area contributed by atoms with Crippen LogP contribution >= 0.6 is 34.8 Å². The second-order valence-electron chi connectivity index (χ2n) is 1.91. The van der Waals surface area contributed by atoms with E-state index in [9.17, 15) is 4.79 Å². The smallest absolute Gasteiger partial charge is 0.307 e. The summed E-state index contributed by atoms with van der Waals surface area (Å²) in [7, 11) is 0. The summed E-state index contributed by atoms with van der Waals surface area (Å²) in [5.41, 5.74) is 0. The van der Waals surface area contributed by atoms with Crippen LogP contribution in [-0.2, 0) is 4.79 Å². The van der Waals surface area contributed by atoms with Crippen molar-refractivity contribution in [3.8, 4) is 0 Å². The molecular formula is C5H7Cl3O2. The van der Waals surface area contributed by atoms with Gasteiger partial charge >= 0.3 is 5.97 Å². The molecular weight excluding hydrogens is 198 g/mol. The normalized spacial score (nSPS) is 16.9. The Morgan fingerprint density at radius 2 is 1.80 bits per heavy atom. The molecule has 5 heteroatoms. The van der Waals surface area contributed by atoms with Gasteiger partial charge in [-0.1, -0.05) is 6.92 Å². The van der Waals surface area contributed by atoms with Gasteiger partial charge in [0.1, 0.15) is 4.84 Å². The molecule has 0 amide bonds. The Hall–Kier alpha value is 0.340. The molecule has 0 saturated heterocycles. The van der Waals surface area contributed by atoms with Crippen molar-refractivity contribution in [2.24, 2.45) is 5.92 Å². The van der Waals surface area contributed by atoms with Gasteiger partial charge in [-0.2, -0.15) is 0 Å². The molecule has 1 N–H and O–H groups in total. The zero-order chi connectivity index (χ0) is 8.31. The van der Waals surface area contributed by atoms with Crippen LogP contribution in [0.25, 0.3) is 0 Å². The minimum atomic E-state index is -0.994. The monoisotopic (exact) mass is 204 g/mol. The van der Waals surface area contributed by atoms with Crippen molar-refractivity contribution in [3.05, 3.63) is 0 Å². The molecule has 0 aliphatic rings. The summed E-state index contributed by atoms with van der Waals surface area (Å²) >= 11 is 16.2. The predicted molar refractivity (Wildman–Crippen MR) is 41.9 cm³/mol. The number of carbonyl (C=O) groups is 1. The average molecular weight is 205 g/mol. The summed E-state index contributed by atoms with van der Waals surface area (Å²) in [5.74, 6) is -1.71. The Kier molecular flexibility index (Phi) is 4.41. The van der Waals surface area contributed by atoms with Gasteiger partial charge in [0.25, 0.3) is 0 Å². The molecule has 0 aliphatic heterocycles. The van der Waals surface area contributed by atoms with Crippen LogP contribution in [0.4, 0.5) is 0 Å². The number of hydrogen-bond donors (Lipinski definition) is 1. The lowest BCUT2D eigenvalue weighted by atomic mass is 10.1. The Bertz CT molecular complexity index is 126. The van der Waals surface area contributed by atoms with Crippen LogP contribution in [-0.4, -0.2) is 21.3 Å². The van der Waals surface area contributed by atoms with E-state index in [1.165, 1.54) is 6.92 Å². The molecule has 0 radical (unpaired) electrons.